The van der Waals surface area contributed by atoms with Gasteiger partial charge in [-0.3, -0.25) is 4.79 Å². The molecular formula is C13H17BrN2O2. The molecule has 1 aliphatic rings. The van der Waals surface area contributed by atoms with E-state index in [9.17, 15) is 4.79 Å². The molecule has 1 aromatic rings. The molecule has 1 aromatic heterocycles. The van der Waals surface area contributed by atoms with Crippen LogP contribution >= 0.6 is 15.9 Å². The monoisotopic (exact) mass is 312 g/mol. The van der Waals surface area contributed by atoms with Crippen LogP contribution in [0.15, 0.2) is 22.9 Å². The Kier molecular flexibility index (Phi) is 3.73. The normalized spacial score (nSPS) is 22.9. The summed E-state index contributed by atoms with van der Waals surface area (Å²) in [6, 6.07) is 3.56. The van der Waals surface area contributed by atoms with Gasteiger partial charge in [0, 0.05) is 19.3 Å². The van der Waals surface area contributed by atoms with Crippen molar-refractivity contribution in [1.29, 1.82) is 0 Å². The number of carbonyl (C=O) groups is 1. The Hall–Kier alpha value is -0.940. The highest BCUT2D eigenvalue weighted by Gasteiger charge is 2.34. The van der Waals surface area contributed by atoms with Gasteiger partial charge < -0.3 is 9.64 Å². The van der Waals surface area contributed by atoms with Crippen molar-refractivity contribution in [2.45, 2.75) is 32.5 Å². The zero-order valence-corrected chi connectivity index (χ0v) is 12.4. The van der Waals surface area contributed by atoms with E-state index in [1.54, 1.807) is 18.3 Å². The Bertz CT molecular complexity index is 462. The lowest BCUT2D eigenvalue weighted by Crippen LogP contribution is -2.53. The molecule has 1 saturated heterocycles. The second-order valence-electron chi connectivity index (χ2n) is 5.22. The number of amides is 1. The summed E-state index contributed by atoms with van der Waals surface area (Å²) in [7, 11) is 0. The van der Waals surface area contributed by atoms with Crippen molar-refractivity contribution in [3.8, 4) is 0 Å². The summed E-state index contributed by atoms with van der Waals surface area (Å²) in [5.41, 5.74) is 0.296. The van der Waals surface area contributed by atoms with Gasteiger partial charge >= 0.3 is 0 Å². The van der Waals surface area contributed by atoms with Crippen LogP contribution in [0.3, 0.4) is 0 Å². The van der Waals surface area contributed by atoms with Crippen molar-refractivity contribution in [1.82, 2.24) is 9.88 Å². The molecule has 18 heavy (non-hydrogen) atoms. The molecule has 0 bridgehead atoms. The highest BCUT2D eigenvalue weighted by Crippen LogP contribution is 2.23. The highest BCUT2D eigenvalue weighted by atomic mass is 79.9. The summed E-state index contributed by atoms with van der Waals surface area (Å²) < 4.78 is 6.39. The third-order valence-corrected chi connectivity index (χ3v) is 3.48. The summed E-state index contributed by atoms with van der Waals surface area (Å²) >= 11 is 3.32. The maximum Gasteiger partial charge on any atom is 0.256 e. The Morgan fingerprint density at radius 3 is 2.94 bits per heavy atom. The van der Waals surface area contributed by atoms with E-state index in [4.69, 9.17) is 4.74 Å². The molecular weight excluding hydrogens is 296 g/mol. The Morgan fingerprint density at radius 2 is 2.33 bits per heavy atom. The quantitative estimate of drug-likeness (QED) is 0.748. The second-order valence-corrected chi connectivity index (χ2v) is 5.97. The van der Waals surface area contributed by atoms with Crippen molar-refractivity contribution in [3.05, 3.63) is 28.5 Å². The highest BCUT2D eigenvalue weighted by molar-refractivity contribution is 9.10. The van der Waals surface area contributed by atoms with E-state index in [1.807, 2.05) is 25.7 Å². The molecule has 4 nitrogen and oxygen atoms in total. The van der Waals surface area contributed by atoms with E-state index < -0.39 is 0 Å². The molecule has 1 fully saturated rings. The molecule has 0 aromatic carbocycles. The summed E-state index contributed by atoms with van der Waals surface area (Å²) in [5.74, 6) is -0.00167. The number of aromatic nitrogens is 1. The standard InChI is InChI=1S/C13H17BrN2O2/c1-9-7-16(8-13(2,3)18-9)12(17)10-5-4-6-15-11(10)14/h4-6,9H,7-8H2,1-3H3. The molecule has 2 heterocycles. The number of halogens is 1. The van der Waals surface area contributed by atoms with Crippen LogP contribution < -0.4 is 0 Å². The Morgan fingerprint density at radius 1 is 1.61 bits per heavy atom. The van der Waals surface area contributed by atoms with Crippen molar-refractivity contribution in [2.75, 3.05) is 13.1 Å². The molecule has 1 unspecified atom stereocenters. The number of morpholine rings is 1. The lowest BCUT2D eigenvalue weighted by atomic mass is 10.0. The number of hydrogen-bond acceptors (Lipinski definition) is 3. The van der Waals surface area contributed by atoms with Gasteiger partial charge in [-0.25, -0.2) is 4.98 Å². The first-order chi connectivity index (χ1) is 8.39. The van der Waals surface area contributed by atoms with Crippen molar-refractivity contribution >= 4 is 21.8 Å². The van der Waals surface area contributed by atoms with Gasteiger partial charge in [0.1, 0.15) is 4.60 Å². The van der Waals surface area contributed by atoms with Crippen molar-refractivity contribution in [3.63, 3.8) is 0 Å². The largest absolute Gasteiger partial charge is 0.369 e. The van der Waals surface area contributed by atoms with Crippen LogP contribution in [0.1, 0.15) is 31.1 Å². The van der Waals surface area contributed by atoms with Gasteiger partial charge in [-0.05, 0) is 48.8 Å². The third kappa shape index (κ3) is 2.90. The summed E-state index contributed by atoms with van der Waals surface area (Å²) in [5, 5.41) is 0. The zero-order valence-electron chi connectivity index (χ0n) is 10.8. The summed E-state index contributed by atoms with van der Waals surface area (Å²) in [4.78, 5) is 18.4. The van der Waals surface area contributed by atoms with Gasteiger partial charge in [0.25, 0.3) is 5.91 Å². The van der Waals surface area contributed by atoms with Crippen LogP contribution in [0.4, 0.5) is 0 Å². The van der Waals surface area contributed by atoms with Crippen LogP contribution in [-0.2, 0) is 4.74 Å². The minimum atomic E-state index is -0.304. The first-order valence-corrected chi connectivity index (χ1v) is 6.76. The molecule has 0 aliphatic carbocycles. The smallest absolute Gasteiger partial charge is 0.256 e. The van der Waals surface area contributed by atoms with Gasteiger partial charge in [0.15, 0.2) is 0 Å². The van der Waals surface area contributed by atoms with Crippen LogP contribution in [0.2, 0.25) is 0 Å². The maximum atomic E-state index is 12.5. The van der Waals surface area contributed by atoms with Gasteiger partial charge in [-0.15, -0.1) is 0 Å². The van der Waals surface area contributed by atoms with Crippen LogP contribution in [-0.4, -0.2) is 40.6 Å². The topological polar surface area (TPSA) is 42.4 Å². The fourth-order valence-electron chi connectivity index (χ4n) is 2.32. The molecule has 0 radical (unpaired) electrons. The maximum absolute atomic E-state index is 12.5. The Labute approximate surface area is 115 Å². The molecule has 0 spiro atoms. The van der Waals surface area contributed by atoms with Crippen LogP contribution in [0.5, 0.6) is 0 Å². The van der Waals surface area contributed by atoms with Crippen LogP contribution in [0, 0.1) is 0 Å². The molecule has 0 N–H and O–H groups in total. The van der Waals surface area contributed by atoms with Crippen molar-refractivity contribution in [2.24, 2.45) is 0 Å². The lowest BCUT2D eigenvalue weighted by Gasteiger charge is -2.41. The van der Waals surface area contributed by atoms with Gasteiger partial charge in [0.05, 0.1) is 17.3 Å². The summed E-state index contributed by atoms with van der Waals surface area (Å²) in [6.07, 6.45) is 1.71. The Balaban J connectivity index is 2.22. The average Bonchev–Trinajstić information content (AvgIpc) is 2.26. The second kappa shape index (κ2) is 4.97. The first-order valence-electron chi connectivity index (χ1n) is 5.97. The predicted octanol–water partition coefficient (Wildman–Crippen LogP) is 2.48. The van der Waals surface area contributed by atoms with E-state index in [0.29, 0.717) is 23.3 Å². The minimum absolute atomic E-state index is 0.00167. The van der Waals surface area contributed by atoms with Gasteiger partial charge in [0.2, 0.25) is 0 Å². The number of rotatable bonds is 1. The number of hydrogen-bond donors (Lipinski definition) is 0. The average molecular weight is 313 g/mol. The summed E-state index contributed by atoms with van der Waals surface area (Å²) in [6.45, 7) is 7.20. The van der Waals surface area contributed by atoms with E-state index in [0.717, 1.165) is 0 Å². The molecule has 1 amide bonds. The number of nitrogens with zero attached hydrogens (tertiary/aromatic N) is 2. The molecule has 98 valence electrons. The fourth-order valence-corrected chi connectivity index (χ4v) is 2.74. The number of ether oxygens (including phenoxy) is 1. The van der Waals surface area contributed by atoms with Gasteiger partial charge in [-0.2, -0.15) is 0 Å². The molecule has 1 atom stereocenters. The van der Waals surface area contributed by atoms with E-state index in [-0.39, 0.29) is 17.6 Å². The fraction of sp³-hybridized carbons (Fsp3) is 0.538. The zero-order chi connectivity index (χ0) is 13.3. The molecule has 0 saturated carbocycles. The van der Waals surface area contributed by atoms with Crippen LogP contribution in [0.25, 0.3) is 0 Å². The predicted molar refractivity (Wildman–Crippen MR) is 72.5 cm³/mol. The van der Waals surface area contributed by atoms with Crippen molar-refractivity contribution < 1.29 is 9.53 Å². The molecule has 1 aliphatic heterocycles. The van der Waals surface area contributed by atoms with E-state index in [1.165, 1.54) is 0 Å². The number of carbonyl (C=O) groups excluding carboxylic acids is 1. The SMILES string of the molecule is CC1CN(C(=O)c2cccnc2Br)CC(C)(C)O1. The number of pyridine rings is 1. The first kappa shape index (κ1) is 13.5. The van der Waals surface area contributed by atoms with E-state index in [2.05, 4.69) is 20.9 Å². The third-order valence-electron chi connectivity index (χ3n) is 2.85. The molecule has 2 rings (SSSR count). The minimum Gasteiger partial charge on any atom is -0.369 e. The molecule has 5 heteroatoms. The van der Waals surface area contributed by atoms with E-state index >= 15 is 0 Å². The lowest BCUT2D eigenvalue weighted by molar-refractivity contribution is -0.118. The van der Waals surface area contributed by atoms with Gasteiger partial charge in [-0.1, -0.05) is 0 Å².